The fourth-order valence-electron chi connectivity index (χ4n) is 2.38. The van der Waals surface area contributed by atoms with Crippen molar-refractivity contribution in [1.82, 2.24) is 15.3 Å². The van der Waals surface area contributed by atoms with Gasteiger partial charge in [-0.3, -0.25) is 0 Å². The first-order valence-electron chi connectivity index (χ1n) is 7.90. The molecule has 2 N–H and O–H groups in total. The molecule has 0 radical (unpaired) electrons. The summed E-state index contributed by atoms with van der Waals surface area (Å²) < 4.78 is 5.38. The monoisotopic (exact) mass is 315 g/mol. The summed E-state index contributed by atoms with van der Waals surface area (Å²) in [7, 11) is 0. The lowest BCUT2D eigenvalue weighted by molar-refractivity contribution is 0.0510. The van der Waals surface area contributed by atoms with Crippen molar-refractivity contribution in [2.75, 3.05) is 0 Å². The number of nitrogens with one attached hydrogen (secondary N) is 2. The normalized spacial score (nSPS) is 12.7. The molecule has 0 fully saturated rings. The Labute approximate surface area is 137 Å². The van der Waals surface area contributed by atoms with Crippen LogP contribution in [0.15, 0.2) is 30.3 Å². The number of imidazole rings is 1. The number of hydrogen-bond donors (Lipinski definition) is 2. The first-order chi connectivity index (χ1) is 10.8. The molecule has 2 aromatic rings. The summed E-state index contributed by atoms with van der Waals surface area (Å²) in [6.07, 6.45) is 0.384. The molecule has 1 heterocycles. The average Bonchev–Trinajstić information content (AvgIpc) is 2.84. The highest BCUT2D eigenvalue weighted by Crippen LogP contribution is 2.22. The Balaban J connectivity index is 2.31. The van der Waals surface area contributed by atoms with E-state index < -0.39 is 11.7 Å². The third-order valence-electron chi connectivity index (χ3n) is 3.41. The molecule has 124 valence electrons. The lowest BCUT2D eigenvalue weighted by atomic mass is 10.1. The van der Waals surface area contributed by atoms with Crippen molar-refractivity contribution in [2.45, 2.75) is 52.7 Å². The summed E-state index contributed by atoms with van der Waals surface area (Å²) in [5.74, 6) is 0.719. The first kappa shape index (κ1) is 17.1. The Kier molecular flexibility index (Phi) is 5.08. The van der Waals surface area contributed by atoms with Gasteiger partial charge in [0.05, 0.1) is 5.69 Å². The van der Waals surface area contributed by atoms with E-state index in [1.807, 2.05) is 58.0 Å². The van der Waals surface area contributed by atoms with Gasteiger partial charge in [-0.1, -0.05) is 37.3 Å². The van der Waals surface area contributed by atoms with Crippen LogP contribution >= 0.6 is 0 Å². The van der Waals surface area contributed by atoms with Crippen LogP contribution in [-0.2, 0) is 11.2 Å². The first-order valence-corrected chi connectivity index (χ1v) is 7.90. The quantitative estimate of drug-likeness (QED) is 0.899. The zero-order valence-electron chi connectivity index (χ0n) is 14.4. The summed E-state index contributed by atoms with van der Waals surface area (Å²) in [6, 6.07) is 9.38. The van der Waals surface area contributed by atoms with Gasteiger partial charge >= 0.3 is 6.09 Å². The molecule has 0 saturated carbocycles. The molecule has 1 aromatic heterocycles. The molecule has 0 aliphatic carbocycles. The SMILES string of the molecule is CCc1nc([C@H](NC(=O)OC(C)(C)C)c2ccccc2)[nH]c1C. The molecule has 1 atom stereocenters. The summed E-state index contributed by atoms with van der Waals surface area (Å²) in [6.45, 7) is 9.58. The molecule has 0 bridgehead atoms. The maximum Gasteiger partial charge on any atom is 0.408 e. The van der Waals surface area contributed by atoms with Gasteiger partial charge in [0, 0.05) is 5.69 Å². The zero-order valence-corrected chi connectivity index (χ0v) is 14.4. The Morgan fingerprint density at radius 2 is 1.96 bits per heavy atom. The fraction of sp³-hybridized carbons (Fsp3) is 0.444. The fourth-order valence-corrected chi connectivity index (χ4v) is 2.38. The molecule has 0 aliphatic rings. The molecule has 0 unspecified atom stereocenters. The third kappa shape index (κ3) is 4.58. The lowest BCUT2D eigenvalue weighted by Crippen LogP contribution is -2.35. The standard InChI is InChI=1S/C18H25N3O2/c1-6-14-12(2)19-16(20-14)15(13-10-8-7-9-11-13)21-17(22)23-18(3,4)5/h7-11,15H,6H2,1-5H3,(H,19,20)(H,21,22)/t15-/m1/s1. The van der Waals surface area contributed by atoms with Gasteiger partial charge in [0.25, 0.3) is 0 Å². The van der Waals surface area contributed by atoms with Crippen molar-refractivity contribution in [3.05, 3.63) is 53.1 Å². The molecule has 0 spiro atoms. The van der Waals surface area contributed by atoms with Crippen molar-refractivity contribution >= 4 is 6.09 Å². The van der Waals surface area contributed by atoms with Crippen LogP contribution in [0.25, 0.3) is 0 Å². The van der Waals surface area contributed by atoms with E-state index in [0.29, 0.717) is 0 Å². The number of alkyl carbamates (subject to hydrolysis) is 1. The van der Waals surface area contributed by atoms with Gasteiger partial charge in [-0.25, -0.2) is 9.78 Å². The van der Waals surface area contributed by atoms with E-state index in [1.54, 1.807) is 0 Å². The molecule has 23 heavy (non-hydrogen) atoms. The van der Waals surface area contributed by atoms with E-state index in [0.717, 1.165) is 29.2 Å². The van der Waals surface area contributed by atoms with Gasteiger partial charge in [-0.05, 0) is 39.7 Å². The number of nitrogens with zero attached hydrogens (tertiary/aromatic N) is 1. The van der Waals surface area contributed by atoms with Gasteiger partial charge in [-0.15, -0.1) is 0 Å². The van der Waals surface area contributed by atoms with Crippen molar-refractivity contribution in [2.24, 2.45) is 0 Å². The molecule has 5 heteroatoms. The molecular weight excluding hydrogens is 290 g/mol. The highest BCUT2D eigenvalue weighted by molar-refractivity contribution is 5.69. The summed E-state index contributed by atoms with van der Waals surface area (Å²) in [4.78, 5) is 20.1. The average molecular weight is 315 g/mol. The number of hydrogen-bond acceptors (Lipinski definition) is 3. The molecule has 1 aromatic carbocycles. The number of aromatic amines is 1. The van der Waals surface area contributed by atoms with Gasteiger partial charge < -0.3 is 15.0 Å². The molecule has 0 aliphatic heterocycles. The van der Waals surface area contributed by atoms with Gasteiger partial charge in [0.15, 0.2) is 0 Å². The van der Waals surface area contributed by atoms with Crippen LogP contribution in [0, 0.1) is 6.92 Å². The predicted molar refractivity (Wildman–Crippen MR) is 90.4 cm³/mol. The van der Waals surface area contributed by atoms with Crippen molar-refractivity contribution in [3.63, 3.8) is 0 Å². The second-order valence-electron chi connectivity index (χ2n) is 6.54. The summed E-state index contributed by atoms with van der Waals surface area (Å²) in [5.41, 5.74) is 2.44. The van der Waals surface area contributed by atoms with Crippen molar-refractivity contribution < 1.29 is 9.53 Å². The second kappa shape index (κ2) is 6.86. The number of rotatable bonds is 4. The predicted octanol–water partition coefficient (Wildman–Crippen LogP) is 3.89. The maximum absolute atomic E-state index is 12.2. The molecular formula is C18H25N3O2. The minimum atomic E-state index is -0.543. The maximum atomic E-state index is 12.2. The van der Waals surface area contributed by atoms with E-state index in [9.17, 15) is 4.79 Å². The molecule has 5 nitrogen and oxygen atoms in total. The second-order valence-corrected chi connectivity index (χ2v) is 6.54. The Morgan fingerprint density at radius 3 is 2.48 bits per heavy atom. The third-order valence-corrected chi connectivity index (χ3v) is 3.41. The van der Waals surface area contributed by atoms with E-state index in [1.165, 1.54) is 0 Å². The van der Waals surface area contributed by atoms with Crippen LogP contribution in [-0.4, -0.2) is 21.7 Å². The number of aryl methyl sites for hydroxylation is 2. The van der Waals surface area contributed by atoms with Crippen LogP contribution in [0.2, 0.25) is 0 Å². The molecule has 1 amide bonds. The van der Waals surface area contributed by atoms with Crippen molar-refractivity contribution in [1.29, 1.82) is 0 Å². The van der Waals surface area contributed by atoms with E-state index >= 15 is 0 Å². The van der Waals surface area contributed by atoms with Gasteiger partial charge in [0.1, 0.15) is 17.5 Å². The zero-order chi connectivity index (χ0) is 17.0. The number of carbonyl (C=O) groups excluding carboxylic acids is 1. The minimum absolute atomic E-state index is 0.370. The van der Waals surface area contributed by atoms with Crippen LogP contribution in [0.1, 0.15) is 56.5 Å². The number of ether oxygens (including phenoxy) is 1. The van der Waals surface area contributed by atoms with Gasteiger partial charge in [-0.2, -0.15) is 0 Å². The Morgan fingerprint density at radius 1 is 1.30 bits per heavy atom. The highest BCUT2D eigenvalue weighted by Gasteiger charge is 2.24. The van der Waals surface area contributed by atoms with Crippen LogP contribution in [0.4, 0.5) is 4.79 Å². The highest BCUT2D eigenvalue weighted by atomic mass is 16.6. The largest absolute Gasteiger partial charge is 0.444 e. The minimum Gasteiger partial charge on any atom is -0.444 e. The lowest BCUT2D eigenvalue weighted by Gasteiger charge is -2.23. The Bertz CT molecular complexity index is 657. The Hall–Kier alpha value is -2.30. The number of aromatic nitrogens is 2. The van der Waals surface area contributed by atoms with Crippen LogP contribution in [0.3, 0.4) is 0 Å². The van der Waals surface area contributed by atoms with Crippen LogP contribution < -0.4 is 5.32 Å². The van der Waals surface area contributed by atoms with Gasteiger partial charge in [0.2, 0.25) is 0 Å². The summed E-state index contributed by atoms with van der Waals surface area (Å²) in [5, 5.41) is 2.92. The number of H-pyrrole nitrogens is 1. The number of benzene rings is 1. The molecule has 2 rings (SSSR count). The number of amides is 1. The smallest absolute Gasteiger partial charge is 0.408 e. The number of carbonyl (C=O) groups is 1. The van der Waals surface area contributed by atoms with E-state index in [4.69, 9.17) is 4.74 Å². The van der Waals surface area contributed by atoms with Crippen LogP contribution in [0.5, 0.6) is 0 Å². The van der Waals surface area contributed by atoms with E-state index in [-0.39, 0.29) is 6.04 Å². The summed E-state index contributed by atoms with van der Waals surface area (Å²) >= 11 is 0. The molecule has 0 saturated heterocycles. The van der Waals surface area contributed by atoms with Crippen molar-refractivity contribution in [3.8, 4) is 0 Å². The van der Waals surface area contributed by atoms with E-state index in [2.05, 4.69) is 22.2 Å². The topological polar surface area (TPSA) is 67.0 Å².